The summed E-state index contributed by atoms with van der Waals surface area (Å²) in [5.41, 5.74) is 0.997. The predicted octanol–water partition coefficient (Wildman–Crippen LogP) is 1.75. The average Bonchev–Trinajstić information content (AvgIpc) is 2.97. The molecule has 1 heterocycles. The highest BCUT2D eigenvalue weighted by molar-refractivity contribution is 7.13. The normalized spacial score (nSPS) is 9.50. The van der Waals surface area contributed by atoms with Crippen molar-refractivity contribution in [2.45, 2.75) is 0 Å². The zero-order chi connectivity index (χ0) is 14.4. The molecule has 2 N–H and O–H groups in total. The molecule has 102 valence electrons. The molecule has 0 bridgehead atoms. The summed E-state index contributed by atoms with van der Waals surface area (Å²) in [7, 11) is 1.52. The molecule has 0 spiro atoms. The van der Waals surface area contributed by atoms with E-state index in [-0.39, 0.29) is 12.5 Å². The van der Waals surface area contributed by atoms with Crippen molar-refractivity contribution < 1.29 is 14.6 Å². The molecule has 1 aromatic heterocycles. The van der Waals surface area contributed by atoms with Gasteiger partial charge in [0.15, 0.2) is 5.13 Å². The standard InChI is InChI=1S/C14H12N2O3S/c1-19-12-5-4-11(9-10(12)3-2-7-17)13(18)16-14-15-6-8-20-14/h4-6,8-9,17H,7H2,1H3,(H,15,16,18). The number of rotatable bonds is 3. The number of nitrogens with zero attached hydrogens (tertiary/aromatic N) is 1. The number of methoxy groups -OCH3 is 1. The Bertz CT molecular complexity index is 657. The van der Waals surface area contributed by atoms with Crippen LogP contribution in [0.3, 0.4) is 0 Å². The van der Waals surface area contributed by atoms with E-state index in [4.69, 9.17) is 9.84 Å². The van der Waals surface area contributed by atoms with Crippen LogP contribution in [0.25, 0.3) is 0 Å². The second-order valence-electron chi connectivity index (χ2n) is 3.67. The number of anilines is 1. The summed E-state index contributed by atoms with van der Waals surface area (Å²) in [4.78, 5) is 16.0. The lowest BCUT2D eigenvalue weighted by Gasteiger charge is -2.06. The van der Waals surface area contributed by atoms with Crippen LogP contribution in [0.5, 0.6) is 5.75 Å². The summed E-state index contributed by atoms with van der Waals surface area (Å²) >= 11 is 1.34. The van der Waals surface area contributed by atoms with Crippen LogP contribution in [0.1, 0.15) is 15.9 Å². The maximum Gasteiger partial charge on any atom is 0.257 e. The van der Waals surface area contributed by atoms with Gasteiger partial charge in [-0.15, -0.1) is 11.3 Å². The molecule has 6 heteroatoms. The first kappa shape index (κ1) is 14.1. The number of nitrogens with one attached hydrogen (secondary N) is 1. The third-order valence-corrected chi connectivity index (χ3v) is 3.11. The molecule has 0 saturated carbocycles. The van der Waals surface area contributed by atoms with Crippen molar-refractivity contribution >= 4 is 22.4 Å². The molecule has 0 fully saturated rings. The molecule has 2 rings (SSSR count). The first-order chi connectivity index (χ1) is 9.74. The van der Waals surface area contributed by atoms with Gasteiger partial charge in [0.05, 0.1) is 12.7 Å². The van der Waals surface area contributed by atoms with Crippen LogP contribution in [-0.4, -0.2) is 29.7 Å². The minimum atomic E-state index is -0.269. The summed E-state index contributed by atoms with van der Waals surface area (Å²) in [6.07, 6.45) is 1.62. The van der Waals surface area contributed by atoms with E-state index in [0.717, 1.165) is 0 Å². The SMILES string of the molecule is COc1ccc(C(=O)Nc2nccs2)cc1C#CCO. The zero-order valence-corrected chi connectivity index (χ0v) is 11.5. The van der Waals surface area contributed by atoms with Crippen LogP contribution in [0.4, 0.5) is 5.13 Å². The Morgan fingerprint density at radius 3 is 3.05 bits per heavy atom. The Balaban J connectivity index is 2.26. The van der Waals surface area contributed by atoms with Crippen molar-refractivity contribution in [3.63, 3.8) is 0 Å². The second-order valence-corrected chi connectivity index (χ2v) is 4.56. The number of ether oxygens (including phenoxy) is 1. The Morgan fingerprint density at radius 2 is 2.40 bits per heavy atom. The van der Waals surface area contributed by atoms with E-state index in [1.807, 2.05) is 0 Å². The van der Waals surface area contributed by atoms with Gasteiger partial charge in [-0.2, -0.15) is 0 Å². The van der Waals surface area contributed by atoms with E-state index < -0.39 is 0 Å². The number of aliphatic hydroxyl groups is 1. The van der Waals surface area contributed by atoms with Gasteiger partial charge in [-0.3, -0.25) is 10.1 Å². The number of aliphatic hydroxyl groups excluding tert-OH is 1. The average molecular weight is 288 g/mol. The number of aromatic nitrogens is 1. The second kappa shape index (κ2) is 6.70. The summed E-state index contributed by atoms with van der Waals surface area (Å²) in [6.45, 7) is -0.251. The molecular weight excluding hydrogens is 276 g/mol. The molecule has 20 heavy (non-hydrogen) atoms. The van der Waals surface area contributed by atoms with Gasteiger partial charge in [0.1, 0.15) is 12.4 Å². The zero-order valence-electron chi connectivity index (χ0n) is 10.7. The van der Waals surface area contributed by atoms with Crippen LogP contribution >= 0.6 is 11.3 Å². The van der Waals surface area contributed by atoms with Gasteiger partial charge in [-0.25, -0.2) is 4.98 Å². The fourth-order valence-electron chi connectivity index (χ4n) is 1.54. The quantitative estimate of drug-likeness (QED) is 0.844. The van der Waals surface area contributed by atoms with E-state index in [2.05, 4.69) is 22.1 Å². The van der Waals surface area contributed by atoms with Crippen molar-refractivity contribution in [3.05, 3.63) is 40.9 Å². The van der Waals surface area contributed by atoms with Crippen LogP contribution in [0.15, 0.2) is 29.8 Å². The van der Waals surface area contributed by atoms with Gasteiger partial charge in [0.2, 0.25) is 0 Å². The minimum Gasteiger partial charge on any atom is -0.495 e. The van der Waals surface area contributed by atoms with Gasteiger partial charge in [-0.1, -0.05) is 11.8 Å². The molecule has 0 aliphatic heterocycles. The molecule has 0 radical (unpaired) electrons. The number of carbonyl (C=O) groups excluding carboxylic acids is 1. The third-order valence-electron chi connectivity index (χ3n) is 2.42. The van der Waals surface area contributed by atoms with E-state index >= 15 is 0 Å². The summed E-state index contributed by atoms with van der Waals surface area (Å²) < 4.78 is 5.16. The lowest BCUT2D eigenvalue weighted by molar-refractivity contribution is 0.102. The maximum atomic E-state index is 12.1. The summed E-state index contributed by atoms with van der Waals surface area (Å²) in [5, 5.41) is 13.7. The van der Waals surface area contributed by atoms with Gasteiger partial charge in [0, 0.05) is 17.1 Å². The monoisotopic (exact) mass is 288 g/mol. The Hall–Kier alpha value is -2.36. The largest absolute Gasteiger partial charge is 0.495 e. The van der Waals surface area contributed by atoms with Crippen LogP contribution in [0, 0.1) is 11.8 Å². The van der Waals surface area contributed by atoms with Crippen molar-refractivity contribution in [1.82, 2.24) is 4.98 Å². The van der Waals surface area contributed by atoms with Gasteiger partial charge < -0.3 is 9.84 Å². The molecule has 0 unspecified atom stereocenters. The van der Waals surface area contributed by atoms with Crippen LogP contribution < -0.4 is 10.1 Å². The molecule has 1 aromatic carbocycles. The molecule has 0 aliphatic rings. The summed E-state index contributed by atoms with van der Waals surface area (Å²) in [5.74, 6) is 5.57. The number of carbonyl (C=O) groups is 1. The number of amides is 1. The molecular formula is C14H12N2O3S. The van der Waals surface area contributed by atoms with E-state index in [9.17, 15) is 4.79 Å². The highest BCUT2D eigenvalue weighted by atomic mass is 32.1. The highest BCUT2D eigenvalue weighted by Gasteiger charge is 2.10. The number of thiazole rings is 1. The van der Waals surface area contributed by atoms with Crippen LogP contribution in [-0.2, 0) is 0 Å². The minimum absolute atomic E-state index is 0.251. The van der Waals surface area contributed by atoms with Crippen molar-refractivity contribution in [2.75, 3.05) is 19.0 Å². The molecule has 0 saturated heterocycles. The fourth-order valence-corrected chi connectivity index (χ4v) is 2.06. The van der Waals surface area contributed by atoms with Crippen LogP contribution in [0.2, 0.25) is 0 Å². The van der Waals surface area contributed by atoms with Crippen molar-refractivity contribution in [2.24, 2.45) is 0 Å². The Labute approximate surface area is 120 Å². The van der Waals surface area contributed by atoms with Gasteiger partial charge >= 0.3 is 0 Å². The molecule has 0 atom stereocenters. The van der Waals surface area contributed by atoms with Gasteiger partial charge in [-0.05, 0) is 18.2 Å². The van der Waals surface area contributed by atoms with E-state index in [0.29, 0.717) is 22.0 Å². The van der Waals surface area contributed by atoms with E-state index in [1.165, 1.54) is 18.4 Å². The van der Waals surface area contributed by atoms with Crippen molar-refractivity contribution in [1.29, 1.82) is 0 Å². The fraction of sp³-hybridized carbons (Fsp3) is 0.143. The smallest absolute Gasteiger partial charge is 0.257 e. The number of hydrogen-bond acceptors (Lipinski definition) is 5. The molecule has 2 aromatic rings. The number of benzene rings is 1. The molecule has 5 nitrogen and oxygen atoms in total. The highest BCUT2D eigenvalue weighted by Crippen LogP contribution is 2.20. The third kappa shape index (κ3) is 3.35. The lowest BCUT2D eigenvalue weighted by atomic mass is 10.1. The topological polar surface area (TPSA) is 71.5 Å². The van der Waals surface area contributed by atoms with Crippen molar-refractivity contribution in [3.8, 4) is 17.6 Å². The lowest BCUT2D eigenvalue weighted by Crippen LogP contribution is -2.11. The Kier molecular flexibility index (Phi) is 4.71. The van der Waals surface area contributed by atoms with Gasteiger partial charge in [0.25, 0.3) is 5.91 Å². The van der Waals surface area contributed by atoms with E-state index in [1.54, 1.807) is 29.8 Å². The number of hydrogen-bond donors (Lipinski definition) is 2. The first-order valence-electron chi connectivity index (χ1n) is 5.73. The molecule has 1 amide bonds. The maximum absolute atomic E-state index is 12.1. The molecule has 0 aliphatic carbocycles. The Morgan fingerprint density at radius 1 is 1.55 bits per heavy atom. The predicted molar refractivity (Wildman–Crippen MR) is 77.0 cm³/mol. The first-order valence-corrected chi connectivity index (χ1v) is 6.61. The summed E-state index contributed by atoms with van der Waals surface area (Å²) in [6, 6.07) is 4.93.